The first-order valence-corrected chi connectivity index (χ1v) is 9.46. The van der Waals surface area contributed by atoms with Crippen LogP contribution in [-0.2, 0) is 11.3 Å². The topological polar surface area (TPSA) is 69.7 Å². The van der Waals surface area contributed by atoms with Crippen molar-refractivity contribution < 1.29 is 19.0 Å². The molecule has 1 heterocycles. The number of carbonyl (C=O) groups excluding carboxylic acids is 1. The molecule has 0 bridgehead atoms. The summed E-state index contributed by atoms with van der Waals surface area (Å²) in [5.74, 6) is 2.23. The van der Waals surface area contributed by atoms with Crippen LogP contribution in [0.3, 0.4) is 0 Å². The molecular weight excluding hydrogens is 356 g/mol. The van der Waals surface area contributed by atoms with Gasteiger partial charge in [0.25, 0.3) is 5.91 Å². The fourth-order valence-electron chi connectivity index (χ4n) is 2.58. The molecule has 0 saturated heterocycles. The first-order chi connectivity index (χ1) is 13.7. The number of pyridine rings is 1. The summed E-state index contributed by atoms with van der Waals surface area (Å²) in [5, 5.41) is 2.82. The summed E-state index contributed by atoms with van der Waals surface area (Å²) >= 11 is 0. The first kappa shape index (κ1) is 19.7. The lowest BCUT2D eigenvalue weighted by Gasteiger charge is -2.11. The maximum Gasteiger partial charge on any atom is 0.258 e. The lowest BCUT2D eigenvalue weighted by Crippen LogP contribution is -2.28. The third kappa shape index (κ3) is 6.01. The largest absolute Gasteiger partial charge is 0.493 e. The molecule has 0 unspecified atom stereocenters. The van der Waals surface area contributed by atoms with E-state index in [9.17, 15) is 4.79 Å². The van der Waals surface area contributed by atoms with Crippen molar-refractivity contribution >= 4 is 12.0 Å². The van der Waals surface area contributed by atoms with Crippen LogP contribution in [0.5, 0.6) is 17.4 Å². The van der Waals surface area contributed by atoms with Crippen molar-refractivity contribution in [3.05, 3.63) is 53.7 Å². The van der Waals surface area contributed by atoms with Gasteiger partial charge in [0.2, 0.25) is 5.88 Å². The lowest BCUT2D eigenvalue weighted by atomic mass is 10.2. The molecule has 148 valence electrons. The van der Waals surface area contributed by atoms with Gasteiger partial charge in [-0.25, -0.2) is 4.98 Å². The van der Waals surface area contributed by atoms with Crippen LogP contribution in [0.2, 0.25) is 0 Å². The highest BCUT2D eigenvalue weighted by Gasteiger charge is 2.22. The molecule has 1 amide bonds. The van der Waals surface area contributed by atoms with Gasteiger partial charge in [-0.15, -0.1) is 0 Å². The molecule has 0 spiro atoms. The first-order valence-electron chi connectivity index (χ1n) is 9.46. The number of carbonyl (C=O) groups is 1. The van der Waals surface area contributed by atoms with Gasteiger partial charge in [0.1, 0.15) is 0 Å². The maximum absolute atomic E-state index is 12.1. The van der Waals surface area contributed by atoms with Crippen LogP contribution in [-0.4, -0.2) is 31.2 Å². The van der Waals surface area contributed by atoms with Crippen LogP contribution in [0.25, 0.3) is 6.08 Å². The summed E-state index contributed by atoms with van der Waals surface area (Å²) in [6.45, 7) is 2.98. The zero-order valence-electron chi connectivity index (χ0n) is 16.3. The Hall–Kier alpha value is -3.02. The molecule has 0 aliphatic heterocycles. The molecule has 1 fully saturated rings. The average Bonchev–Trinajstić information content (AvgIpc) is 3.55. The minimum absolute atomic E-state index is 0.0880. The zero-order chi connectivity index (χ0) is 19.8. The number of benzene rings is 1. The highest BCUT2D eigenvalue weighted by molar-refractivity contribution is 5.77. The molecule has 0 radical (unpaired) electrons. The van der Waals surface area contributed by atoms with Crippen LogP contribution in [0, 0.1) is 5.92 Å². The van der Waals surface area contributed by atoms with E-state index in [-0.39, 0.29) is 12.5 Å². The minimum atomic E-state index is -0.214. The van der Waals surface area contributed by atoms with E-state index in [0.717, 1.165) is 17.7 Å². The third-order valence-electron chi connectivity index (χ3n) is 4.36. The second kappa shape index (κ2) is 9.78. The van der Waals surface area contributed by atoms with E-state index >= 15 is 0 Å². The lowest BCUT2D eigenvalue weighted by molar-refractivity contribution is -0.123. The summed E-state index contributed by atoms with van der Waals surface area (Å²) in [7, 11) is 1.58. The smallest absolute Gasteiger partial charge is 0.258 e. The molecule has 1 aliphatic carbocycles. The van der Waals surface area contributed by atoms with Gasteiger partial charge in [0.05, 0.1) is 13.7 Å². The molecule has 1 saturated carbocycles. The monoisotopic (exact) mass is 382 g/mol. The van der Waals surface area contributed by atoms with Gasteiger partial charge >= 0.3 is 0 Å². The van der Waals surface area contributed by atoms with Gasteiger partial charge < -0.3 is 19.5 Å². The second-order valence-electron chi connectivity index (χ2n) is 6.73. The molecule has 1 N–H and O–H groups in total. The van der Waals surface area contributed by atoms with Crippen LogP contribution >= 0.6 is 0 Å². The van der Waals surface area contributed by atoms with Crippen molar-refractivity contribution in [2.45, 2.75) is 26.3 Å². The van der Waals surface area contributed by atoms with Crippen LogP contribution in [0.1, 0.15) is 30.9 Å². The van der Waals surface area contributed by atoms with E-state index in [0.29, 0.717) is 29.8 Å². The van der Waals surface area contributed by atoms with Gasteiger partial charge in [-0.3, -0.25) is 4.79 Å². The highest BCUT2D eigenvalue weighted by Crippen LogP contribution is 2.29. The second-order valence-corrected chi connectivity index (χ2v) is 6.73. The number of aromatic nitrogens is 1. The average molecular weight is 382 g/mol. The van der Waals surface area contributed by atoms with Crippen molar-refractivity contribution in [3.8, 4) is 17.4 Å². The maximum atomic E-state index is 12.1. The molecule has 1 aromatic carbocycles. The van der Waals surface area contributed by atoms with Crippen LogP contribution in [0.15, 0.2) is 42.6 Å². The Kier molecular flexibility index (Phi) is 6.89. The van der Waals surface area contributed by atoms with Gasteiger partial charge in [0.15, 0.2) is 18.1 Å². The molecule has 6 heteroatoms. The number of nitrogens with one attached hydrogen (secondary N) is 1. The number of hydrogen-bond donors (Lipinski definition) is 1. The van der Waals surface area contributed by atoms with Crippen molar-refractivity contribution in [2.75, 3.05) is 20.3 Å². The number of methoxy groups -OCH3 is 1. The van der Waals surface area contributed by atoms with E-state index < -0.39 is 0 Å². The van der Waals surface area contributed by atoms with Crippen molar-refractivity contribution in [1.82, 2.24) is 10.3 Å². The molecule has 0 atom stereocenters. The molecule has 1 aliphatic rings. The SMILES string of the molecule is C/C=C/c1ccc(OCC(=O)NCc2ccc(OCC3CC3)nc2)c(OC)c1. The Bertz CT molecular complexity index is 814. The minimum Gasteiger partial charge on any atom is -0.493 e. The van der Waals surface area contributed by atoms with Crippen molar-refractivity contribution in [3.63, 3.8) is 0 Å². The van der Waals surface area contributed by atoms with E-state index in [1.807, 2.05) is 43.3 Å². The Morgan fingerprint density at radius 3 is 2.75 bits per heavy atom. The Balaban J connectivity index is 1.44. The van der Waals surface area contributed by atoms with Crippen molar-refractivity contribution in [2.24, 2.45) is 5.92 Å². The van der Waals surface area contributed by atoms with Gasteiger partial charge in [-0.05, 0) is 48.9 Å². The number of amides is 1. The molecule has 6 nitrogen and oxygen atoms in total. The third-order valence-corrected chi connectivity index (χ3v) is 4.36. The van der Waals surface area contributed by atoms with E-state index in [1.54, 1.807) is 19.4 Å². The number of hydrogen-bond acceptors (Lipinski definition) is 5. The van der Waals surface area contributed by atoms with Gasteiger partial charge in [0, 0.05) is 18.8 Å². The highest BCUT2D eigenvalue weighted by atomic mass is 16.5. The number of rotatable bonds is 10. The van der Waals surface area contributed by atoms with Crippen LogP contribution < -0.4 is 19.5 Å². The summed E-state index contributed by atoms with van der Waals surface area (Å²) in [4.78, 5) is 16.3. The summed E-state index contributed by atoms with van der Waals surface area (Å²) in [6, 6.07) is 9.31. The van der Waals surface area contributed by atoms with E-state index in [2.05, 4.69) is 10.3 Å². The summed E-state index contributed by atoms with van der Waals surface area (Å²) in [5.41, 5.74) is 1.91. The Labute approximate surface area is 165 Å². The predicted octanol–water partition coefficient (Wildman–Crippen LogP) is 3.61. The Morgan fingerprint density at radius 1 is 1.21 bits per heavy atom. The van der Waals surface area contributed by atoms with Gasteiger partial charge in [-0.2, -0.15) is 0 Å². The number of nitrogens with zero attached hydrogens (tertiary/aromatic N) is 1. The van der Waals surface area contributed by atoms with Crippen LogP contribution in [0.4, 0.5) is 0 Å². The standard InChI is InChI=1S/C22H26N2O4/c1-3-4-16-7-9-19(20(11-16)26-2)27-15-21(25)23-12-18-8-10-22(24-13-18)28-14-17-5-6-17/h3-4,7-11,13,17H,5-6,12,14-15H2,1-2H3,(H,23,25)/b4-3+. The number of allylic oxidation sites excluding steroid dienone is 1. The van der Waals surface area contributed by atoms with Gasteiger partial charge in [-0.1, -0.05) is 24.3 Å². The fourth-order valence-corrected chi connectivity index (χ4v) is 2.58. The Morgan fingerprint density at radius 2 is 2.07 bits per heavy atom. The molecule has 2 aromatic rings. The zero-order valence-corrected chi connectivity index (χ0v) is 16.3. The fraction of sp³-hybridized carbons (Fsp3) is 0.364. The number of ether oxygens (including phenoxy) is 3. The van der Waals surface area contributed by atoms with Crippen molar-refractivity contribution in [1.29, 1.82) is 0 Å². The quantitative estimate of drug-likeness (QED) is 0.680. The summed E-state index contributed by atoms with van der Waals surface area (Å²) < 4.78 is 16.5. The van der Waals surface area contributed by atoms with E-state index in [1.165, 1.54) is 12.8 Å². The molecule has 28 heavy (non-hydrogen) atoms. The summed E-state index contributed by atoms with van der Waals surface area (Å²) in [6.07, 6.45) is 8.13. The van der Waals surface area contributed by atoms with E-state index in [4.69, 9.17) is 14.2 Å². The normalized spacial score (nSPS) is 13.4. The predicted molar refractivity (Wildman–Crippen MR) is 107 cm³/mol. The molecule has 1 aromatic heterocycles. The molecular formula is C22H26N2O4. The molecule has 3 rings (SSSR count).